The Balaban J connectivity index is 3.08. The molecule has 5 heteroatoms. The number of nitrogens with one attached hydrogen (secondary N) is 1. The molecule has 0 aliphatic rings. The highest BCUT2D eigenvalue weighted by atomic mass is 32.1. The minimum absolute atomic E-state index is 0.222. The summed E-state index contributed by atoms with van der Waals surface area (Å²) >= 11 is 5.05. The van der Waals surface area contributed by atoms with Gasteiger partial charge in [0.25, 0.3) is 0 Å². The van der Waals surface area contributed by atoms with E-state index in [9.17, 15) is 0 Å². The summed E-state index contributed by atoms with van der Waals surface area (Å²) in [5.41, 5.74) is 7.15. The van der Waals surface area contributed by atoms with Gasteiger partial charge < -0.3 is 20.5 Å². The predicted molar refractivity (Wildman–Crippen MR) is 78.5 cm³/mol. The third-order valence-corrected chi connectivity index (χ3v) is 2.69. The van der Waals surface area contributed by atoms with E-state index in [2.05, 4.69) is 5.32 Å². The molecule has 0 unspecified atom stereocenters. The van der Waals surface area contributed by atoms with E-state index in [0.29, 0.717) is 11.6 Å². The second-order valence-corrected chi connectivity index (χ2v) is 5.16. The minimum atomic E-state index is -0.222. The van der Waals surface area contributed by atoms with Gasteiger partial charge in [-0.1, -0.05) is 12.2 Å². The number of rotatable bonds is 6. The van der Waals surface area contributed by atoms with E-state index >= 15 is 0 Å². The Kier molecular flexibility index (Phi) is 4.93. The summed E-state index contributed by atoms with van der Waals surface area (Å²) in [6, 6.07) is 5.57. The van der Waals surface area contributed by atoms with Crippen molar-refractivity contribution in [1.82, 2.24) is 0 Å². The number of methoxy groups -OCH3 is 2. The van der Waals surface area contributed by atoms with Crippen molar-refractivity contribution >= 4 is 22.9 Å². The molecular formula is C13H20N2O2S. The lowest BCUT2D eigenvalue weighted by Crippen LogP contribution is -2.36. The molecule has 100 valence electrons. The van der Waals surface area contributed by atoms with Crippen LogP contribution in [0.3, 0.4) is 0 Å². The van der Waals surface area contributed by atoms with Crippen molar-refractivity contribution in [2.45, 2.75) is 19.4 Å². The molecule has 0 spiro atoms. The minimum Gasteiger partial charge on any atom is -0.497 e. The van der Waals surface area contributed by atoms with Crippen LogP contribution in [0.15, 0.2) is 18.2 Å². The quantitative estimate of drug-likeness (QED) is 0.774. The van der Waals surface area contributed by atoms with E-state index in [0.717, 1.165) is 17.0 Å². The summed E-state index contributed by atoms with van der Waals surface area (Å²) in [6.45, 7) is 4.65. The predicted octanol–water partition coefficient (Wildman–Crippen LogP) is 2.17. The number of thiocarbonyl (C=S) groups is 1. The lowest BCUT2D eigenvalue weighted by Gasteiger charge is -2.28. The van der Waals surface area contributed by atoms with E-state index in [1.807, 2.05) is 32.0 Å². The molecule has 0 saturated heterocycles. The summed E-state index contributed by atoms with van der Waals surface area (Å²) < 4.78 is 10.4. The molecule has 0 radical (unpaired) electrons. The first-order chi connectivity index (χ1) is 8.39. The van der Waals surface area contributed by atoms with Crippen LogP contribution in [0.4, 0.5) is 5.69 Å². The number of hydrogen-bond acceptors (Lipinski definition) is 4. The largest absolute Gasteiger partial charge is 0.497 e. The van der Waals surface area contributed by atoms with Crippen LogP contribution in [-0.4, -0.2) is 31.4 Å². The standard InChI is InChI=1S/C13H20N2O2S/c1-13(2,8-16-3)15-11-7-9(17-4)5-6-10(11)12(14)18/h5-7,15H,8H2,1-4H3,(H2,14,18). The molecular weight excluding hydrogens is 248 g/mol. The zero-order chi connectivity index (χ0) is 13.8. The van der Waals surface area contributed by atoms with Gasteiger partial charge in [0.2, 0.25) is 0 Å². The number of ether oxygens (including phenoxy) is 2. The summed E-state index contributed by atoms with van der Waals surface area (Å²) in [5, 5.41) is 3.37. The van der Waals surface area contributed by atoms with Gasteiger partial charge in [0.15, 0.2) is 0 Å². The maximum Gasteiger partial charge on any atom is 0.120 e. The van der Waals surface area contributed by atoms with E-state index in [1.54, 1.807) is 14.2 Å². The highest BCUT2D eigenvalue weighted by Gasteiger charge is 2.19. The lowest BCUT2D eigenvalue weighted by molar-refractivity contribution is 0.158. The SMILES string of the molecule is COCC(C)(C)Nc1cc(OC)ccc1C(N)=S. The van der Waals surface area contributed by atoms with Crippen LogP contribution in [-0.2, 0) is 4.74 Å². The third-order valence-electron chi connectivity index (χ3n) is 2.47. The Morgan fingerprint density at radius 2 is 2.06 bits per heavy atom. The second-order valence-electron chi connectivity index (χ2n) is 4.72. The molecule has 0 heterocycles. The van der Waals surface area contributed by atoms with Crippen molar-refractivity contribution in [1.29, 1.82) is 0 Å². The summed E-state index contributed by atoms with van der Waals surface area (Å²) in [6.07, 6.45) is 0. The highest BCUT2D eigenvalue weighted by Crippen LogP contribution is 2.25. The van der Waals surface area contributed by atoms with E-state index in [4.69, 9.17) is 27.4 Å². The number of benzene rings is 1. The Morgan fingerprint density at radius 1 is 1.39 bits per heavy atom. The van der Waals surface area contributed by atoms with Crippen molar-refractivity contribution in [2.75, 3.05) is 26.1 Å². The normalized spacial score (nSPS) is 11.1. The van der Waals surface area contributed by atoms with E-state index < -0.39 is 0 Å². The molecule has 0 aliphatic carbocycles. The highest BCUT2D eigenvalue weighted by molar-refractivity contribution is 7.80. The Labute approximate surface area is 113 Å². The third kappa shape index (κ3) is 3.85. The molecule has 3 N–H and O–H groups in total. The van der Waals surface area contributed by atoms with Crippen molar-refractivity contribution in [3.63, 3.8) is 0 Å². The Bertz CT molecular complexity index is 433. The summed E-state index contributed by atoms with van der Waals surface area (Å²) in [7, 11) is 3.29. The zero-order valence-electron chi connectivity index (χ0n) is 11.2. The average Bonchev–Trinajstić information content (AvgIpc) is 2.27. The molecule has 0 saturated carbocycles. The van der Waals surface area contributed by atoms with Crippen LogP contribution in [0.2, 0.25) is 0 Å². The first kappa shape index (κ1) is 14.7. The molecule has 1 aromatic rings. The van der Waals surface area contributed by atoms with Crippen molar-refractivity contribution in [3.8, 4) is 5.75 Å². The first-order valence-corrected chi connectivity index (χ1v) is 6.05. The van der Waals surface area contributed by atoms with Crippen LogP contribution < -0.4 is 15.8 Å². The fourth-order valence-electron chi connectivity index (χ4n) is 1.73. The molecule has 0 amide bonds. The monoisotopic (exact) mass is 268 g/mol. The van der Waals surface area contributed by atoms with Gasteiger partial charge in [-0.2, -0.15) is 0 Å². The second kappa shape index (κ2) is 6.02. The van der Waals surface area contributed by atoms with Crippen molar-refractivity contribution in [3.05, 3.63) is 23.8 Å². The zero-order valence-corrected chi connectivity index (χ0v) is 12.1. The van der Waals surface area contributed by atoms with Gasteiger partial charge in [0.05, 0.1) is 19.3 Å². The van der Waals surface area contributed by atoms with Gasteiger partial charge in [-0.25, -0.2) is 0 Å². The van der Waals surface area contributed by atoms with Gasteiger partial charge in [-0.05, 0) is 26.0 Å². The first-order valence-electron chi connectivity index (χ1n) is 5.64. The molecule has 1 aromatic carbocycles. The molecule has 18 heavy (non-hydrogen) atoms. The molecule has 4 nitrogen and oxygen atoms in total. The topological polar surface area (TPSA) is 56.5 Å². The van der Waals surface area contributed by atoms with Gasteiger partial charge in [-0.3, -0.25) is 0 Å². The van der Waals surface area contributed by atoms with Crippen LogP contribution in [0.25, 0.3) is 0 Å². The van der Waals surface area contributed by atoms with Crippen molar-refractivity contribution in [2.24, 2.45) is 5.73 Å². The average molecular weight is 268 g/mol. The maximum atomic E-state index is 5.72. The summed E-state index contributed by atoms with van der Waals surface area (Å²) in [4.78, 5) is 0.355. The summed E-state index contributed by atoms with van der Waals surface area (Å²) in [5.74, 6) is 0.755. The van der Waals surface area contributed by atoms with Crippen molar-refractivity contribution < 1.29 is 9.47 Å². The maximum absolute atomic E-state index is 5.72. The lowest BCUT2D eigenvalue weighted by atomic mass is 10.0. The smallest absolute Gasteiger partial charge is 0.120 e. The molecule has 1 rings (SSSR count). The fourth-order valence-corrected chi connectivity index (χ4v) is 1.91. The van der Waals surface area contributed by atoms with Crippen LogP contribution in [0.1, 0.15) is 19.4 Å². The number of hydrogen-bond donors (Lipinski definition) is 2. The molecule has 0 bridgehead atoms. The number of anilines is 1. The van der Waals surface area contributed by atoms with E-state index in [-0.39, 0.29) is 5.54 Å². The van der Waals surface area contributed by atoms with Gasteiger partial charge >= 0.3 is 0 Å². The van der Waals surface area contributed by atoms with Gasteiger partial charge in [0.1, 0.15) is 10.7 Å². The van der Waals surface area contributed by atoms with Gasteiger partial charge in [0, 0.05) is 24.4 Å². The van der Waals surface area contributed by atoms with Crippen LogP contribution in [0, 0.1) is 0 Å². The van der Waals surface area contributed by atoms with Gasteiger partial charge in [-0.15, -0.1) is 0 Å². The van der Waals surface area contributed by atoms with E-state index in [1.165, 1.54) is 0 Å². The molecule has 0 aromatic heterocycles. The Hall–Kier alpha value is -1.33. The molecule has 0 atom stereocenters. The molecule has 0 aliphatic heterocycles. The Morgan fingerprint density at radius 3 is 2.56 bits per heavy atom. The van der Waals surface area contributed by atoms with Crippen LogP contribution in [0.5, 0.6) is 5.75 Å². The fraction of sp³-hybridized carbons (Fsp3) is 0.462. The van der Waals surface area contributed by atoms with Crippen LogP contribution >= 0.6 is 12.2 Å². The number of nitrogens with two attached hydrogens (primary N) is 1. The molecule has 0 fully saturated rings.